The number of hydrogen-bond acceptors (Lipinski definition) is 7. The van der Waals surface area contributed by atoms with Gasteiger partial charge in [0.15, 0.2) is 5.82 Å². The van der Waals surface area contributed by atoms with Gasteiger partial charge in [-0.05, 0) is 61.2 Å². The van der Waals surface area contributed by atoms with Gasteiger partial charge in [-0.15, -0.1) is 10.2 Å². The number of methoxy groups -OCH3 is 1. The number of halogens is 3. The van der Waals surface area contributed by atoms with Gasteiger partial charge in [-0.25, -0.2) is 0 Å². The molecule has 4 aromatic rings. The van der Waals surface area contributed by atoms with Gasteiger partial charge in [-0.2, -0.15) is 13.2 Å². The minimum atomic E-state index is -4.53. The fourth-order valence-corrected chi connectivity index (χ4v) is 4.48. The van der Waals surface area contributed by atoms with E-state index in [-0.39, 0.29) is 24.5 Å². The van der Waals surface area contributed by atoms with Crippen molar-refractivity contribution in [1.82, 2.24) is 15.2 Å². The third kappa shape index (κ3) is 5.43. The first-order valence-corrected chi connectivity index (χ1v) is 11.8. The number of aliphatic hydroxyl groups is 1. The fraction of sp³-hybridized carbons (Fsp3) is 0.296. The number of aliphatic hydroxyl groups excluding tert-OH is 1. The molecule has 0 unspecified atom stereocenters. The summed E-state index contributed by atoms with van der Waals surface area (Å²) in [6.45, 7) is 0.0505. The summed E-state index contributed by atoms with van der Waals surface area (Å²) in [5, 5.41) is 23.3. The molecule has 2 heterocycles. The first-order chi connectivity index (χ1) is 17.8. The van der Waals surface area contributed by atoms with E-state index in [0.29, 0.717) is 46.4 Å². The van der Waals surface area contributed by atoms with E-state index in [2.05, 4.69) is 20.5 Å². The van der Waals surface area contributed by atoms with E-state index in [1.165, 1.54) is 6.07 Å². The normalized spacial score (nSPS) is 17.6. The van der Waals surface area contributed by atoms with Gasteiger partial charge in [-0.3, -0.25) is 4.98 Å². The van der Waals surface area contributed by atoms with Gasteiger partial charge in [0.25, 0.3) is 0 Å². The van der Waals surface area contributed by atoms with Gasteiger partial charge in [-0.1, -0.05) is 12.1 Å². The molecule has 1 aliphatic rings. The van der Waals surface area contributed by atoms with Gasteiger partial charge in [0.2, 0.25) is 0 Å². The SMILES string of the molecule is COc1ccc(COc2cc(C(F)(F)F)ccc2-c2nnc(N[C@@H]3CC[C@@H](O)C3)c3cnccc23)cc1. The number of benzene rings is 2. The molecule has 0 bridgehead atoms. The molecule has 7 nitrogen and oxygen atoms in total. The molecule has 0 radical (unpaired) electrons. The molecule has 2 atom stereocenters. The second kappa shape index (κ2) is 10.2. The maximum Gasteiger partial charge on any atom is 0.416 e. The molecule has 2 aromatic carbocycles. The van der Waals surface area contributed by atoms with Crippen LogP contribution in [0.5, 0.6) is 11.5 Å². The van der Waals surface area contributed by atoms with Gasteiger partial charge in [0.05, 0.1) is 18.8 Å². The lowest BCUT2D eigenvalue weighted by Crippen LogP contribution is -2.18. The number of ether oxygens (including phenoxy) is 2. The van der Waals surface area contributed by atoms with Gasteiger partial charge < -0.3 is 19.9 Å². The summed E-state index contributed by atoms with van der Waals surface area (Å²) >= 11 is 0. The lowest BCUT2D eigenvalue weighted by atomic mass is 10.0. The Bertz CT molecular complexity index is 1400. The van der Waals surface area contributed by atoms with Crippen LogP contribution in [0.2, 0.25) is 0 Å². The highest BCUT2D eigenvalue weighted by molar-refractivity contribution is 6.00. The van der Waals surface area contributed by atoms with Crippen molar-refractivity contribution in [3.8, 4) is 22.8 Å². The molecule has 1 aliphatic carbocycles. The van der Waals surface area contributed by atoms with Crippen molar-refractivity contribution in [2.24, 2.45) is 0 Å². The zero-order valence-electron chi connectivity index (χ0n) is 20.0. The predicted molar refractivity (Wildman–Crippen MR) is 132 cm³/mol. The number of hydrogen-bond donors (Lipinski definition) is 2. The van der Waals surface area contributed by atoms with E-state index in [4.69, 9.17) is 9.47 Å². The Hall–Kier alpha value is -3.92. The van der Waals surface area contributed by atoms with Crippen LogP contribution in [0.4, 0.5) is 19.0 Å². The third-order valence-corrected chi connectivity index (χ3v) is 6.44. The van der Waals surface area contributed by atoms with Gasteiger partial charge in [0.1, 0.15) is 23.8 Å². The van der Waals surface area contributed by atoms with Crippen LogP contribution in [0, 0.1) is 0 Å². The molecule has 0 saturated heterocycles. The largest absolute Gasteiger partial charge is 0.497 e. The molecule has 0 spiro atoms. The van der Waals surface area contributed by atoms with E-state index in [1.807, 2.05) is 0 Å². The quantitative estimate of drug-likeness (QED) is 0.333. The van der Waals surface area contributed by atoms with E-state index in [9.17, 15) is 18.3 Å². The van der Waals surface area contributed by atoms with Crippen LogP contribution in [0.25, 0.3) is 22.0 Å². The van der Waals surface area contributed by atoms with Crippen LogP contribution in [0.15, 0.2) is 60.9 Å². The average molecular weight is 511 g/mol. The highest BCUT2D eigenvalue weighted by Gasteiger charge is 2.32. The topological polar surface area (TPSA) is 89.4 Å². The minimum absolute atomic E-state index is 0.0395. The highest BCUT2D eigenvalue weighted by atomic mass is 19.4. The smallest absolute Gasteiger partial charge is 0.416 e. The summed E-state index contributed by atoms with van der Waals surface area (Å²) in [6, 6.07) is 12.2. The summed E-state index contributed by atoms with van der Waals surface area (Å²) in [5.41, 5.74) is 0.710. The molecule has 10 heteroatoms. The number of nitrogens with one attached hydrogen (secondary N) is 1. The molecule has 0 amide bonds. The van der Waals surface area contributed by atoms with Gasteiger partial charge >= 0.3 is 6.18 Å². The number of anilines is 1. The van der Waals surface area contributed by atoms with E-state index < -0.39 is 11.7 Å². The Kier molecular flexibility index (Phi) is 6.84. The predicted octanol–water partition coefficient (Wildman–Crippen LogP) is 5.62. The Balaban J connectivity index is 1.53. The van der Waals surface area contributed by atoms with Crippen molar-refractivity contribution >= 4 is 16.6 Å². The Morgan fingerprint density at radius 1 is 1.03 bits per heavy atom. The molecule has 1 saturated carbocycles. The van der Waals surface area contributed by atoms with Crippen LogP contribution in [0.3, 0.4) is 0 Å². The minimum Gasteiger partial charge on any atom is -0.497 e. The summed E-state index contributed by atoms with van der Waals surface area (Å²) < 4.78 is 51.7. The maximum absolute atomic E-state index is 13.5. The lowest BCUT2D eigenvalue weighted by Gasteiger charge is -2.17. The molecule has 192 valence electrons. The molecule has 2 aromatic heterocycles. The van der Waals surface area contributed by atoms with Crippen molar-refractivity contribution < 1.29 is 27.8 Å². The third-order valence-electron chi connectivity index (χ3n) is 6.44. The number of aromatic nitrogens is 3. The standard InChI is InChI=1S/C27H25F3N4O3/c1-36-20-7-2-16(3-8-20)15-37-24-12-17(27(28,29)30)4-9-22(24)25-21-10-11-31-14-23(21)26(34-33-25)32-18-5-6-19(35)13-18/h2-4,7-12,14,18-19,35H,5-6,13,15H2,1H3,(H,32,34)/t18-,19-/m1/s1. The van der Waals surface area contributed by atoms with Gasteiger partial charge in [0, 0.05) is 34.8 Å². The maximum atomic E-state index is 13.5. The second-order valence-corrected chi connectivity index (χ2v) is 8.97. The Labute approximate surface area is 211 Å². The Morgan fingerprint density at radius 3 is 2.54 bits per heavy atom. The van der Waals surface area contributed by atoms with Crippen molar-refractivity contribution in [2.75, 3.05) is 12.4 Å². The zero-order chi connectivity index (χ0) is 26.0. The highest BCUT2D eigenvalue weighted by Crippen LogP contribution is 2.40. The van der Waals surface area contributed by atoms with Crippen LogP contribution < -0.4 is 14.8 Å². The fourth-order valence-electron chi connectivity index (χ4n) is 4.48. The summed E-state index contributed by atoms with van der Waals surface area (Å²) in [4.78, 5) is 4.21. The molecular formula is C27H25F3N4O3. The van der Waals surface area contributed by atoms with Crippen LogP contribution in [-0.2, 0) is 12.8 Å². The first kappa shape index (κ1) is 24.8. The molecule has 2 N–H and O–H groups in total. The number of alkyl halides is 3. The van der Waals surface area contributed by atoms with E-state index >= 15 is 0 Å². The summed E-state index contributed by atoms with van der Waals surface area (Å²) in [5.74, 6) is 1.22. The van der Waals surface area contributed by atoms with Crippen LogP contribution in [0.1, 0.15) is 30.4 Å². The number of pyridine rings is 1. The summed E-state index contributed by atoms with van der Waals surface area (Å²) in [7, 11) is 1.55. The molecule has 5 rings (SSSR count). The molecular weight excluding hydrogens is 485 g/mol. The second-order valence-electron chi connectivity index (χ2n) is 8.97. The Morgan fingerprint density at radius 2 is 1.84 bits per heavy atom. The first-order valence-electron chi connectivity index (χ1n) is 11.8. The number of fused-ring (bicyclic) bond motifs is 1. The molecule has 37 heavy (non-hydrogen) atoms. The van der Waals surface area contributed by atoms with Crippen molar-refractivity contribution in [2.45, 2.75) is 44.2 Å². The van der Waals surface area contributed by atoms with Crippen LogP contribution >= 0.6 is 0 Å². The number of rotatable bonds is 7. The number of nitrogens with zero attached hydrogens (tertiary/aromatic N) is 3. The van der Waals surface area contributed by atoms with Crippen molar-refractivity contribution in [3.05, 3.63) is 72.1 Å². The average Bonchev–Trinajstić information content (AvgIpc) is 3.32. The van der Waals surface area contributed by atoms with E-state index in [1.54, 1.807) is 49.8 Å². The van der Waals surface area contributed by atoms with Crippen molar-refractivity contribution in [3.63, 3.8) is 0 Å². The zero-order valence-corrected chi connectivity index (χ0v) is 20.0. The van der Waals surface area contributed by atoms with Crippen LogP contribution in [-0.4, -0.2) is 39.5 Å². The lowest BCUT2D eigenvalue weighted by molar-refractivity contribution is -0.137. The molecule has 1 fully saturated rings. The molecule has 0 aliphatic heterocycles. The monoisotopic (exact) mass is 510 g/mol. The summed E-state index contributed by atoms with van der Waals surface area (Å²) in [6.07, 6.45) is 0.462. The van der Waals surface area contributed by atoms with E-state index in [0.717, 1.165) is 24.1 Å². The van der Waals surface area contributed by atoms with Crippen molar-refractivity contribution in [1.29, 1.82) is 0 Å².